The number of benzene rings is 1. The lowest BCUT2D eigenvalue weighted by Gasteiger charge is -2.11. The maximum atomic E-state index is 11.6. The Hall–Kier alpha value is -1.67. The second-order valence-electron chi connectivity index (χ2n) is 4.46. The first-order valence-electron chi connectivity index (χ1n) is 6.16. The van der Waals surface area contributed by atoms with Gasteiger partial charge in [-0.1, -0.05) is 13.0 Å². The summed E-state index contributed by atoms with van der Waals surface area (Å²) < 4.78 is 23.1. The minimum Gasteiger partial charge on any atom is -0.393 e. The summed E-state index contributed by atoms with van der Waals surface area (Å²) >= 11 is 0. The Morgan fingerprint density at radius 3 is 2.60 bits per heavy atom. The highest BCUT2D eigenvalue weighted by Gasteiger charge is 2.25. The van der Waals surface area contributed by atoms with Crippen LogP contribution in [0.2, 0.25) is 0 Å². The summed E-state index contributed by atoms with van der Waals surface area (Å²) in [6.45, 7) is 2.15. The number of aliphatic hydroxyl groups excluding tert-OH is 1. The third-order valence-corrected chi connectivity index (χ3v) is 3.97. The van der Waals surface area contributed by atoms with Gasteiger partial charge in [-0.15, -0.1) is 0 Å². The van der Waals surface area contributed by atoms with Gasteiger partial charge in [0.25, 0.3) is 0 Å². The van der Waals surface area contributed by atoms with Crippen LogP contribution in [0.4, 0.5) is 11.4 Å². The van der Waals surface area contributed by atoms with Gasteiger partial charge in [0.15, 0.2) is 9.84 Å². The zero-order chi connectivity index (χ0) is 15.3. The lowest BCUT2D eigenvalue weighted by Crippen LogP contribution is -2.14. The van der Waals surface area contributed by atoms with Crippen LogP contribution in [-0.4, -0.2) is 37.4 Å². The summed E-state index contributed by atoms with van der Waals surface area (Å²) in [5.41, 5.74) is -0.317. The molecule has 0 fully saturated rings. The lowest BCUT2D eigenvalue weighted by molar-refractivity contribution is -0.386. The fraction of sp³-hybridized carbons (Fsp3) is 0.500. The third kappa shape index (κ3) is 4.17. The smallest absolute Gasteiger partial charge is 0.310 e. The van der Waals surface area contributed by atoms with E-state index in [0.717, 1.165) is 6.26 Å². The van der Waals surface area contributed by atoms with Crippen molar-refractivity contribution in [3.8, 4) is 0 Å². The summed E-state index contributed by atoms with van der Waals surface area (Å²) in [5.74, 6) is 0. The fourth-order valence-electron chi connectivity index (χ4n) is 1.73. The maximum absolute atomic E-state index is 11.6. The molecular formula is C12H18N2O5S. The van der Waals surface area contributed by atoms with Crippen LogP contribution in [-0.2, 0) is 9.84 Å². The number of nitro groups is 1. The van der Waals surface area contributed by atoms with Gasteiger partial charge in [-0.2, -0.15) is 0 Å². The van der Waals surface area contributed by atoms with Crippen LogP contribution in [0.25, 0.3) is 0 Å². The van der Waals surface area contributed by atoms with E-state index in [4.69, 9.17) is 0 Å². The van der Waals surface area contributed by atoms with Crippen molar-refractivity contribution in [1.82, 2.24) is 0 Å². The first-order chi connectivity index (χ1) is 9.27. The van der Waals surface area contributed by atoms with E-state index in [2.05, 4.69) is 5.32 Å². The highest BCUT2D eigenvalue weighted by atomic mass is 32.2. The molecular weight excluding hydrogens is 284 g/mol. The highest BCUT2D eigenvalue weighted by Crippen LogP contribution is 2.31. The molecule has 1 atom stereocenters. The Morgan fingerprint density at radius 1 is 1.45 bits per heavy atom. The first-order valence-corrected chi connectivity index (χ1v) is 8.06. The largest absolute Gasteiger partial charge is 0.393 e. The maximum Gasteiger partial charge on any atom is 0.310 e. The summed E-state index contributed by atoms with van der Waals surface area (Å²) in [5, 5.41) is 23.3. The number of hydrogen-bond donors (Lipinski definition) is 2. The molecule has 0 aliphatic heterocycles. The number of anilines is 1. The fourth-order valence-corrected chi connectivity index (χ4v) is 2.59. The Morgan fingerprint density at radius 2 is 2.10 bits per heavy atom. The molecule has 1 aromatic rings. The summed E-state index contributed by atoms with van der Waals surface area (Å²) in [7, 11) is -3.68. The van der Waals surface area contributed by atoms with Crippen molar-refractivity contribution in [3.63, 3.8) is 0 Å². The molecule has 0 saturated heterocycles. The molecule has 0 heterocycles. The van der Waals surface area contributed by atoms with Crippen molar-refractivity contribution < 1.29 is 18.4 Å². The van der Waals surface area contributed by atoms with Crippen molar-refractivity contribution in [2.24, 2.45) is 0 Å². The molecule has 0 aromatic heterocycles. The van der Waals surface area contributed by atoms with Gasteiger partial charge in [0.05, 0.1) is 11.0 Å². The predicted molar refractivity (Wildman–Crippen MR) is 75.6 cm³/mol. The van der Waals surface area contributed by atoms with Gasteiger partial charge < -0.3 is 10.4 Å². The molecule has 0 aliphatic rings. The van der Waals surface area contributed by atoms with Gasteiger partial charge in [-0.05, 0) is 25.0 Å². The topological polar surface area (TPSA) is 110 Å². The van der Waals surface area contributed by atoms with E-state index in [1.807, 2.05) is 6.92 Å². The number of rotatable bonds is 7. The minimum absolute atomic E-state index is 0.140. The van der Waals surface area contributed by atoms with E-state index in [9.17, 15) is 23.6 Å². The number of nitrogens with zero attached hydrogens (tertiary/aromatic N) is 1. The molecule has 2 N–H and O–H groups in total. The minimum atomic E-state index is -3.68. The van der Waals surface area contributed by atoms with Crippen molar-refractivity contribution in [2.75, 3.05) is 18.1 Å². The quantitative estimate of drug-likeness (QED) is 0.584. The number of aliphatic hydroxyl groups is 1. The lowest BCUT2D eigenvalue weighted by atomic mass is 10.2. The van der Waals surface area contributed by atoms with Crippen LogP contribution in [0.5, 0.6) is 0 Å². The van der Waals surface area contributed by atoms with Crippen LogP contribution in [0, 0.1) is 10.1 Å². The van der Waals surface area contributed by atoms with Crippen molar-refractivity contribution in [2.45, 2.75) is 30.8 Å². The normalized spacial score (nSPS) is 12.9. The molecule has 0 radical (unpaired) electrons. The van der Waals surface area contributed by atoms with Crippen molar-refractivity contribution in [3.05, 3.63) is 28.3 Å². The van der Waals surface area contributed by atoms with Crippen LogP contribution in [0.3, 0.4) is 0 Å². The molecule has 0 aliphatic carbocycles. The van der Waals surface area contributed by atoms with E-state index < -0.39 is 26.6 Å². The molecule has 0 spiro atoms. The van der Waals surface area contributed by atoms with Crippen LogP contribution in [0.15, 0.2) is 23.1 Å². The van der Waals surface area contributed by atoms with Gasteiger partial charge in [-0.3, -0.25) is 10.1 Å². The molecule has 112 valence electrons. The first kappa shape index (κ1) is 16.4. The number of hydrogen-bond acceptors (Lipinski definition) is 6. The number of nitro benzene ring substituents is 1. The number of para-hydroxylation sites is 1. The Bertz CT molecular complexity index is 586. The van der Waals surface area contributed by atoms with Gasteiger partial charge in [0.1, 0.15) is 10.6 Å². The molecule has 0 bridgehead atoms. The average Bonchev–Trinajstić information content (AvgIpc) is 2.36. The monoisotopic (exact) mass is 302 g/mol. The summed E-state index contributed by atoms with van der Waals surface area (Å²) in [6, 6.07) is 4.10. The Balaban J connectivity index is 3.05. The van der Waals surface area contributed by atoms with Gasteiger partial charge in [0.2, 0.25) is 0 Å². The van der Waals surface area contributed by atoms with Gasteiger partial charge in [-0.25, -0.2) is 8.42 Å². The molecule has 7 nitrogen and oxygen atoms in total. The van der Waals surface area contributed by atoms with Crippen LogP contribution in [0.1, 0.15) is 19.8 Å². The van der Waals surface area contributed by atoms with Crippen LogP contribution >= 0.6 is 0 Å². The Kier molecular flexibility index (Phi) is 5.46. The van der Waals surface area contributed by atoms with E-state index in [1.165, 1.54) is 18.2 Å². The van der Waals surface area contributed by atoms with Gasteiger partial charge >= 0.3 is 5.69 Å². The van der Waals surface area contributed by atoms with E-state index >= 15 is 0 Å². The summed E-state index contributed by atoms with van der Waals surface area (Å²) in [4.78, 5) is 10.1. The zero-order valence-corrected chi connectivity index (χ0v) is 12.2. The Labute approximate surface area is 117 Å². The van der Waals surface area contributed by atoms with Gasteiger partial charge in [0, 0.05) is 12.8 Å². The molecule has 1 aromatic carbocycles. The van der Waals surface area contributed by atoms with E-state index in [-0.39, 0.29) is 10.6 Å². The predicted octanol–water partition coefficient (Wildman–Crippen LogP) is 1.57. The second kappa shape index (κ2) is 6.67. The third-order valence-electron chi connectivity index (χ3n) is 2.85. The number of nitrogens with one attached hydrogen (secondary N) is 1. The molecule has 0 amide bonds. The van der Waals surface area contributed by atoms with Crippen molar-refractivity contribution in [1.29, 1.82) is 0 Å². The number of sulfone groups is 1. The molecule has 20 heavy (non-hydrogen) atoms. The summed E-state index contributed by atoms with van der Waals surface area (Å²) in [6.07, 6.45) is 1.46. The van der Waals surface area contributed by atoms with E-state index in [0.29, 0.717) is 19.4 Å². The average molecular weight is 302 g/mol. The van der Waals surface area contributed by atoms with E-state index in [1.54, 1.807) is 0 Å². The standard InChI is InChI=1S/C12H18N2O5S/c1-3-9(15)7-8-13-10-5-4-6-11(20(2,18)19)12(10)14(16)17/h4-6,9,13,15H,3,7-8H2,1-2H3. The SMILES string of the molecule is CCC(O)CCNc1cccc(S(C)(=O)=O)c1[N+](=O)[O-]. The second-order valence-corrected chi connectivity index (χ2v) is 6.44. The zero-order valence-electron chi connectivity index (χ0n) is 11.4. The van der Waals surface area contributed by atoms with Crippen molar-refractivity contribution >= 4 is 21.2 Å². The molecule has 8 heteroatoms. The molecule has 1 unspecified atom stereocenters. The van der Waals surface area contributed by atoms with Crippen LogP contribution < -0.4 is 5.32 Å². The highest BCUT2D eigenvalue weighted by molar-refractivity contribution is 7.90. The molecule has 0 saturated carbocycles. The molecule has 1 rings (SSSR count).